The molecule has 0 fully saturated rings. The number of nitrogens with one attached hydrogen (secondary N) is 3. The third-order valence-electron chi connectivity index (χ3n) is 5.19. The zero-order valence-corrected chi connectivity index (χ0v) is 20.1. The molecule has 0 atom stereocenters. The number of anilines is 2. The zero-order valence-electron chi connectivity index (χ0n) is 19.3. The second kappa shape index (κ2) is 9.94. The third kappa shape index (κ3) is 5.30. The Balaban J connectivity index is 1.39. The van der Waals surface area contributed by atoms with Crippen LogP contribution in [-0.4, -0.2) is 38.7 Å². The van der Waals surface area contributed by atoms with Crippen LogP contribution in [0.25, 0.3) is 32.7 Å². The largest absolute Gasteiger partial charge is 0.484 e. The molecule has 0 saturated heterocycles. The number of aromatic nitrogens is 4. The number of aromatic amines is 1. The van der Waals surface area contributed by atoms with Gasteiger partial charge in [-0.05, 0) is 55.1 Å². The summed E-state index contributed by atoms with van der Waals surface area (Å²) in [5.41, 5.74) is 4.70. The second-order valence-electron chi connectivity index (χ2n) is 8.26. The summed E-state index contributed by atoms with van der Waals surface area (Å²) >= 11 is 1.59. The molecule has 3 heterocycles. The number of hydrogen-bond donors (Lipinski definition) is 3. The Hall–Kier alpha value is -4.24. The molecule has 0 saturated carbocycles. The molecule has 0 unspecified atom stereocenters. The van der Waals surface area contributed by atoms with Gasteiger partial charge in [-0.15, -0.1) is 11.3 Å². The lowest BCUT2D eigenvalue weighted by molar-refractivity contribution is -0.123. The molecule has 0 aliphatic heterocycles. The van der Waals surface area contributed by atoms with Crippen molar-refractivity contribution >= 4 is 39.0 Å². The van der Waals surface area contributed by atoms with Crippen molar-refractivity contribution in [2.45, 2.75) is 19.9 Å². The summed E-state index contributed by atoms with van der Waals surface area (Å²) in [6.45, 7) is 3.78. The van der Waals surface area contributed by atoms with Gasteiger partial charge in [-0.2, -0.15) is 5.10 Å². The van der Waals surface area contributed by atoms with Crippen molar-refractivity contribution in [3.05, 3.63) is 72.4 Å². The minimum Gasteiger partial charge on any atom is -0.484 e. The molecule has 0 aliphatic carbocycles. The van der Waals surface area contributed by atoms with Gasteiger partial charge < -0.3 is 15.4 Å². The lowest BCUT2D eigenvalue weighted by Gasteiger charge is -2.11. The fourth-order valence-corrected chi connectivity index (χ4v) is 4.38. The van der Waals surface area contributed by atoms with Gasteiger partial charge in [0.05, 0.1) is 16.4 Å². The molecule has 2 aromatic carbocycles. The van der Waals surface area contributed by atoms with Gasteiger partial charge in [0.25, 0.3) is 5.91 Å². The number of hydrogen-bond acceptors (Lipinski definition) is 7. The molecule has 0 bridgehead atoms. The first-order valence-electron chi connectivity index (χ1n) is 11.2. The predicted molar refractivity (Wildman–Crippen MR) is 139 cm³/mol. The van der Waals surface area contributed by atoms with Crippen molar-refractivity contribution in [1.82, 2.24) is 25.5 Å². The number of nitrogens with zero attached hydrogens (tertiary/aromatic N) is 3. The summed E-state index contributed by atoms with van der Waals surface area (Å²) < 4.78 is 6.66. The van der Waals surface area contributed by atoms with E-state index in [4.69, 9.17) is 14.7 Å². The van der Waals surface area contributed by atoms with Crippen LogP contribution in [0, 0.1) is 0 Å². The van der Waals surface area contributed by atoms with Crippen LogP contribution in [0.3, 0.4) is 0 Å². The third-order valence-corrected chi connectivity index (χ3v) is 6.10. The second-order valence-corrected chi connectivity index (χ2v) is 9.17. The number of amides is 1. The number of carbonyl (C=O) groups excluding carboxylic acids is 1. The maximum absolute atomic E-state index is 11.9. The first-order valence-corrected chi connectivity index (χ1v) is 12.1. The molecule has 8 nitrogen and oxygen atoms in total. The Kier molecular flexibility index (Phi) is 6.40. The first-order chi connectivity index (χ1) is 17.0. The fraction of sp³-hybridized carbons (Fsp3) is 0.154. The van der Waals surface area contributed by atoms with E-state index in [-0.39, 0.29) is 18.6 Å². The first kappa shape index (κ1) is 22.5. The van der Waals surface area contributed by atoms with E-state index >= 15 is 0 Å². The van der Waals surface area contributed by atoms with Crippen LogP contribution in [0.1, 0.15) is 13.8 Å². The van der Waals surface area contributed by atoms with E-state index < -0.39 is 0 Å². The normalized spacial score (nSPS) is 11.1. The van der Waals surface area contributed by atoms with E-state index in [1.54, 1.807) is 17.5 Å². The highest BCUT2D eigenvalue weighted by molar-refractivity contribution is 7.17. The van der Waals surface area contributed by atoms with Gasteiger partial charge in [-0.3, -0.25) is 9.89 Å². The van der Waals surface area contributed by atoms with E-state index in [1.807, 2.05) is 80.0 Å². The summed E-state index contributed by atoms with van der Waals surface area (Å²) in [7, 11) is 0. The van der Waals surface area contributed by atoms with Crippen LogP contribution >= 0.6 is 11.3 Å². The van der Waals surface area contributed by atoms with E-state index in [9.17, 15) is 4.79 Å². The fourth-order valence-electron chi connectivity index (χ4n) is 3.61. The SMILES string of the molecule is CC(C)NC(=O)COc1cccc(-c2nc(Nc3ccc(-c4cn[nH]c4)cc3)c3sccc3n2)c1. The molecule has 9 heteroatoms. The lowest BCUT2D eigenvalue weighted by atomic mass is 10.1. The molecule has 3 aromatic heterocycles. The smallest absolute Gasteiger partial charge is 0.258 e. The maximum atomic E-state index is 11.9. The number of fused-ring (bicyclic) bond motifs is 1. The van der Waals surface area contributed by atoms with E-state index in [1.165, 1.54) is 0 Å². The van der Waals surface area contributed by atoms with E-state index in [0.29, 0.717) is 11.6 Å². The van der Waals surface area contributed by atoms with Crippen molar-refractivity contribution in [2.24, 2.45) is 0 Å². The molecule has 1 amide bonds. The summed E-state index contributed by atoms with van der Waals surface area (Å²) in [6, 6.07) is 17.6. The van der Waals surface area contributed by atoms with Crippen LogP contribution in [0.5, 0.6) is 5.75 Å². The molecule has 3 N–H and O–H groups in total. The highest BCUT2D eigenvalue weighted by Gasteiger charge is 2.13. The van der Waals surface area contributed by atoms with Gasteiger partial charge in [0.2, 0.25) is 0 Å². The van der Waals surface area contributed by atoms with Crippen molar-refractivity contribution in [3.63, 3.8) is 0 Å². The summed E-state index contributed by atoms with van der Waals surface area (Å²) in [5, 5.41) is 15.1. The van der Waals surface area contributed by atoms with E-state index in [2.05, 4.69) is 20.8 Å². The highest BCUT2D eigenvalue weighted by atomic mass is 32.1. The Morgan fingerprint density at radius 3 is 2.69 bits per heavy atom. The Labute approximate surface area is 206 Å². The van der Waals surface area contributed by atoms with Gasteiger partial charge in [-0.1, -0.05) is 24.3 Å². The molecule has 176 valence electrons. The average molecular weight is 485 g/mol. The van der Waals surface area contributed by atoms with Crippen molar-refractivity contribution in [1.29, 1.82) is 0 Å². The summed E-state index contributed by atoms with van der Waals surface area (Å²) in [6.07, 6.45) is 3.66. The zero-order chi connectivity index (χ0) is 24.2. The van der Waals surface area contributed by atoms with Crippen molar-refractivity contribution in [2.75, 3.05) is 11.9 Å². The Morgan fingerprint density at radius 2 is 1.91 bits per heavy atom. The Bertz CT molecular complexity index is 1440. The van der Waals surface area contributed by atoms with Crippen molar-refractivity contribution < 1.29 is 9.53 Å². The van der Waals surface area contributed by atoms with Crippen LogP contribution in [0.2, 0.25) is 0 Å². The average Bonchev–Trinajstić information content (AvgIpc) is 3.56. The molecular formula is C26H24N6O2S. The van der Waals surface area contributed by atoms with E-state index in [0.717, 1.165) is 38.4 Å². The lowest BCUT2D eigenvalue weighted by Crippen LogP contribution is -2.34. The molecule has 0 radical (unpaired) electrons. The van der Waals surface area contributed by atoms with Gasteiger partial charge in [0.1, 0.15) is 5.75 Å². The van der Waals surface area contributed by atoms with Gasteiger partial charge in [0, 0.05) is 29.1 Å². The standard InChI is InChI=1S/C26H24N6O2S/c1-16(2)29-23(33)15-34-21-5-3-4-18(12-21)25-31-22-10-11-35-24(22)26(32-25)30-20-8-6-17(7-9-20)19-13-27-28-14-19/h3-14,16H,15H2,1-2H3,(H,27,28)(H,29,33)(H,30,31,32). The summed E-state index contributed by atoms with van der Waals surface area (Å²) in [5.74, 6) is 1.73. The highest BCUT2D eigenvalue weighted by Crippen LogP contribution is 2.32. The van der Waals surface area contributed by atoms with Crippen LogP contribution in [0.4, 0.5) is 11.5 Å². The molecule has 0 aliphatic rings. The van der Waals surface area contributed by atoms with Gasteiger partial charge in [-0.25, -0.2) is 9.97 Å². The molecule has 0 spiro atoms. The van der Waals surface area contributed by atoms with Gasteiger partial charge in [0.15, 0.2) is 18.2 Å². The van der Waals surface area contributed by atoms with Crippen LogP contribution in [0.15, 0.2) is 72.4 Å². The van der Waals surface area contributed by atoms with Crippen LogP contribution in [-0.2, 0) is 4.79 Å². The number of thiophene rings is 1. The quantitative estimate of drug-likeness (QED) is 0.273. The summed E-state index contributed by atoms with van der Waals surface area (Å²) in [4.78, 5) is 21.5. The number of benzene rings is 2. The molecule has 35 heavy (non-hydrogen) atoms. The van der Waals surface area contributed by atoms with Crippen LogP contribution < -0.4 is 15.4 Å². The topological polar surface area (TPSA) is 105 Å². The van der Waals surface area contributed by atoms with Crippen molar-refractivity contribution in [3.8, 4) is 28.3 Å². The maximum Gasteiger partial charge on any atom is 0.258 e. The monoisotopic (exact) mass is 484 g/mol. The number of rotatable bonds is 8. The molecule has 5 aromatic rings. The number of H-pyrrole nitrogens is 1. The number of carbonyl (C=O) groups is 1. The predicted octanol–water partition coefficient (Wildman–Crippen LogP) is 5.40. The number of ether oxygens (including phenoxy) is 1. The molecule has 5 rings (SSSR count). The minimum atomic E-state index is -0.161. The molecular weight excluding hydrogens is 460 g/mol. The Morgan fingerprint density at radius 1 is 1.06 bits per heavy atom. The minimum absolute atomic E-state index is 0.0479. The van der Waals surface area contributed by atoms with Gasteiger partial charge >= 0.3 is 0 Å².